The van der Waals surface area contributed by atoms with Gasteiger partial charge in [0.15, 0.2) is 9.84 Å². The Kier molecular flexibility index (Phi) is 7.11. The highest BCUT2D eigenvalue weighted by atomic mass is 35.5. The van der Waals surface area contributed by atoms with Crippen LogP contribution in [0.25, 0.3) is 22.0 Å². The summed E-state index contributed by atoms with van der Waals surface area (Å²) in [6.45, 7) is 0. The fraction of sp³-hybridized carbons (Fsp3) is 0.120. The molecule has 0 spiro atoms. The number of nitrogens with one attached hydrogen (secondary N) is 1. The number of carbonyl (C=O) groups excluding carboxylic acids is 1. The molecule has 3 aromatic carbocycles. The first-order valence-corrected chi connectivity index (χ1v) is 13.5. The lowest BCUT2D eigenvalue weighted by Gasteiger charge is -2.12. The van der Waals surface area contributed by atoms with Gasteiger partial charge in [-0.2, -0.15) is 0 Å². The van der Waals surface area contributed by atoms with Gasteiger partial charge in [-0.15, -0.1) is 0 Å². The first-order valence-electron chi connectivity index (χ1n) is 10.2. The summed E-state index contributed by atoms with van der Waals surface area (Å²) in [5, 5.41) is 4.60. The molecule has 0 fully saturated rings. The van der Waals surface area contributed by atoms with Crippen LogP contribution in [0.15, 0.2) is 82.7 Å². The molecule has 0 saturated heterocycles. The lowest BCUT2D eigenvalue weighted by atomic mass is 10.0. The van der Waals surface area contributed by atoms with Crippen LogP contribution in [0.5, 0.6) is 5.75 Å². The van der Waals surface area contributed by atoms with E-state index in [1.165, 1.54) is 30.0 Å². The van der Waals surface area contributed by atoms with E-state index in [4.69, 9.17) is 21.3 Å². The van der Waals surface area contributed by atoms with E-state index < -0.39 is 9.84 Å². The van der Waals surface area contributed by atoms with Crippen LogP contribution < -0.4 is 10.1 Å². The summed E-state index contributed by atoms with van der Waals surface area (Å²) in [6.07, 6.45) is 1.10. The van der Waals surface area contributed by atoms with Crippen molar-refractivity contribution in [1.82, 2.24) is 4.98 Å². The second-order valence-electron chi connectivity index (χ2n) is 7.51. The number of hydrogen-bond acceptors (Lipinski definition) is 6. The fourth-order valence-electron chi connectivity index (χ4n) is 3.40. The molecule has 174 valence electrons. The summed E-state index contributed by atoms with van der Waals surface area (Å²) < 4.78 is 29.0. The average molecular weight is 513 g/mol. The largest absolute Gasteiger partial charge is 0.497 e. The highest BCUT2D eigenvalue weighted by Crippen LogP contribution is 2.33. The van der Waals surface area contributed by atoms with Crippen molar-refractivity contribution in [2.24, 2.45) is 0 Å². The number of pyridine rings is 1. The summed E-state index contributed by atoms with van der Waals surface area (Å²) >= 11 is 7.42. The average Bonchev–Trinajstić information content (AvgIpc) is 2.83. The standard InChI is InChI=1S/C25H21ClN2O4S2/c1-32-17-8-10-19-20(16-6-4-3-5-7-16)14-25(28-22(19)12-17)33-15-24(29)27-23-13-18(34(2,30)31)9-11-21(23)26/h3-14H,15H2,1-2H3,(H,27,29). The Hall–Kier alpha value is -3.07. The Labute approximate surface area is 207 Å². The van der Waals surface area contributed by atoms with Crippen LogP contribution in [0.4, 0.5) is 5.69 Å². The number of fused-ring (bicyclic) bond motifs is 1. The van der Waals surface area contributed by atoms with Crippen LogP contribution in [0.3, 0.4) is 0 Å². The predicted octanol–water partition coefficient (Wildman–Crippen LogP) is 5.70. The van der Waals surface area contributed by atoms with E-state index in [0.29, 0.717) is 10.8 Å². The number of thioether (sulfide) groups is 1. The first-order chi connectivity index (χ1) is 16.2. The van der Waals surface area contributed by atoms with Gasteiger partial charge in [0.05, 0.1) is 39.0 Å². The molecule has 0 atom stereocenters. The third kappa shape index (κ3) is 5.52. The Bertz CT molecular complexity index is 1480. The maximum absolute atomic E-state index is 12.6. The number of aromatic nitrogens is 1. The van der Waals surface area contributed by atoms with Gasteiger partial charge in [0.1, 0.15) is 5.75 Å². The van der Waals surface area contributed by atoms with Crippen LogP contribution in [0.2, 0.25) is 5.02 Å². The van der Waals surface area contributed by atoms with Gasteiger partial charge < -0.3 is 10.1 Å². The predicted molar refractivity (Wildman–Crippen MR) is 138 cm³/mol. The molecular weight excluding hydrogens is 492 g/mol. The van der Waals surface area contributed by atoms with E-state index in [1.807, 2.05) is 54.6 Å². The van der Waals surface area contributed by atoms with Gasteiger partial charge >= 0.3 is 0 Å². The molecule has 0 bridgehead atoms. The van der Waals surface area contributed by atoms with Crippen molar-refractivity contribution < 1.29 is 17.9 Å². The molecule has 6 nitrogen and oxygen atoms in total. The number of halogens is 1. The number of hydrogen-bond donors (Lipinski definition) is 1. The van der Waals surface area contributed by atoms with Crippen LogP contribution >= 0.6 is 23.4 Å². The van der Waals surface area contributed by atoms with Crippen molar-refractivity contribution in [3.8, 4) is 16.9 Å². The molecular formula is C25H21ClN2O4S2. The smallest absolute Gasteiger partial charge is 0.234 e. The number of methoxy groups -OCH3 is 1. The minimum absolute atomic E-state index is 0.0656. The van der Waals surface area contributed by atoms with Gasteiger partial charge in [-0.25, -0.2) is 13.4 Å². The highest BCUT2D eigenvalue weighted by molar-refractivity contribution is 7.99. The van der Waals surface area contributed by atoms with Gasteiger partial charge in [0, 0.05) is 17.7 Å². The van der Waals surface area contributed by atoms with E-state index in [9.17, 15) is 13.2 Å². The molecule has 4 rings (SSSR count). The second-order valence-corrected chi connectivity index (χ2v) is 10.9. The van der Waals surface area contributed by atoms with Crippen LogP contribution in [-0.4, -0.2) is 38.4 Å². The zero-order valence-electron chi connectivity index (χ0n) is 18.4. The summed E-state index contributed by atoms with van der Waals surface area (Å²) in [6, 6.07) is 21.8. The van der Waals surface area contributed by atoms with E-state index >= 15 is 0 Å². The molecule has 1 heterocycles. The third-order valence-corrected chi connectivity index (χ3v) is 7.42. The van der Waals surface area contributed by atoms with Crippen molar-refractivity contribution in [3.63, 3.8) is 0 Å². The molecule has 1 aromatic heterocycles. The van der Waals surface area contributed by atoms with Gasteiger partial charge in [0.25, 0.3) is 0 Å². The molecule has 0 saturated carbocycles. The minimum atomic E-state index is -3.43. The van der Waals surface area contributed by atoms with Crippen molar-refractivity contribution in [3.05, 3.63) is 77.8 Å². The number of carbonyl (C=O) groups is 1. The van der Waals surface area contributed by atoms with Crippen molar-refractivity contribution in [1.29, 1.82) is 0 Å². The van der Waals surface area contributed by atoms with E-state index in [2.05, 4.69) is 5.32 Å². The van der Waals surface area contributed by atoms with Crippen molar-refractivity contribution in [2.75, 3.05) is 24.4 Å². The molecule has 1 amide bonds. The fourth-order valence-corrected chi connectivity index (χ4v) is 4.93. The SMILES string of the molecule is COc1ccc2c(-c3ccccc3)cc(SCC(=O)Nc3cc(S(C)(=O)=O)ccc3Cl)nc2c1. The maximum atomic E-state index is 12.6. The lowest BCUT2D eigenvalue weighted by Crippen LogP contribution is -2.15. The molecule has 0 radical (unpaired) electrons. The molecule has 0 aliphatic rings. The van der Waals surface area contributed by atoms with Gasteiger partial charge in [0.2, 0.25) is 5.91 Å². The monoisotopic (exact) mass is 512 g/mol. The lowest BCUT2D eigenvalue weighted by molar-refractivity contribution is -0.113. The second kappa shape index (κ2) is 10.0. The summed E-state index contributed by atoms with van der Waals surface area (Å²) in [5.41, 5.74) is 3.04. The Morgan fingerprint density at radius 1 is 1.06 bits per heavy atom. The van der Waals surface area contributed by atoms with Crippen LogP contribution in [-0.2, 0) is 14.6 Å². The molecule has 0 aliphatic heterocycles. The van der Waals surface area contributed by atoms with Crippen LogP contribution in [0.1, 0.15) is 0 Å². The van der Waals surface area contributed by atoms with E-state index in [1.54, 1.807) is 7.11 Å². The Morgan fingerprint density at radius 2 is 1.82 bits per heavy atom. The van der Waals surface area contributed by atoms with Gasteiger partial charge in [-0.05, 0) is 47.5 Å². The van der Waals surface area contributed by atoms with Crippen molar-refractivity contribution >= 4 is 55.7 Å². The Morgan fingerprint density at radius 3 is 2.53 bits per heavy atom. The number of rotatable bonds is 7. The minimum Gasteiger partial charge on any atom is -0.497 e. The molecule has 4 aromatic rings. The molecule has 1 N–H and O–H groups in total. The summed E-state index contributed by atoms with van der Waals surface area (Å²) in [5.74, 6) is 0.432. The molecule has 34 heavy (non-hydrogen) atoms. The van der Waals surface area contributed by atoms with Crippen LogP contribution in [0, 0.1) is 0 Å². The maximum Gasteiger partial charge on any atom is 0.234 e. The molecule has 0 aliphatic carbocycles. The van der Waals surface area contributed by atoms with E-state index in [0.717, 1.165) is 28.3 Å². The Balaban J connectivity index is 1.59. The molecule has 0 unspecified atom stereocenters. The number of benzene rings is 3. The van der Waals surface area contributed by atoms with Gasteiger partial charge in [-0.1, -0.05) is 53.7 Å². The zero-order chi connectivity index (χ0) is 24.3. The summed E-state index contributed by atoms with van der Waals surface area (Å²) in [4.78, 5) is 17.4. The number of ether oxygens (including phenoxy) is 1. The third-order valence-electron chi connectivity index (χ3n) is 5.07. The number of nitrogens with zero attached hydrogens (tertiary/aromatic N) is 1. The summed E-state index contributed by atoms with van der Waals surface area (Å²) in [7, 11) is -1.82. The number of amides is 1. The molecule has 9 heteroatoms. The number of sulfone groups is 1. The zero-order valence-corrected chi connectivity index (χ0v) is 20.8. The number of anilines is 1. The normalized spacial score (nSPS) is 11.4. The highest BCUT2D eigenvalue weighted by Gasteiger charge is 2.14. The topological polar surface area (TPSA) is 85.4 Å². The van der Waals surface area contributed by atoms with Gasteiger partial charge in [-0.3, -0.25) is 4.79 Å². The van der Waals surface area contributed by atoms with Crippen molar-refractivity contribution in [2.45, 2.75) is 9.92 Å². The first kappa shape index (κ1) is 24.1. The van der Waals surface area contributed by atoms with E-state index in [-0.39, 0.29) is 27.3 Å². The quantitative estimate of drug-likeness (QED) is 0.320.